The molecule has 1 nitrogen and oxygen atoms in total. The van der Waals surface area contributed by atoms with Crippen molar-refractivity contribution in [3.8, 4) is 0 Å². The van der Waals surface area contributed by atoms with Gasteiger partial charge in [0.2, 0.25) is 0 Å². The van der Waals surface area contributed by atoms with Crippen LogP contribution in [0.2, 0.25) is 0 Å². The summed E-state index contributed by atoms with van der Waals surface area (Å²) in [7, 11) is 2.25. The van der Waals surface area contributed by atoms with Gasteiger partial charge in [0.15, 0.2) is 0 Å². The molecule has 0 aromatic heterocycles. The van der Waals surface area contributed by atoms with Crippen molar-refractivity contribution in [1.82, 2.24) is 4.90 Å². The van der Waals surface area contributed by atoms with Gasteiger partial charge in [-0.25, -0.2) is 0 Å². The fraction of sp³-hybridized carbons (Fsp3) is 1.00. The molecule has 1 saturated carbocycles. The van der Waals surface area contributed by atoms with Crippen LogP contribution in [0.4, 0.5) is 0 Å². The highest BCUT2D eigenvalue weighted by Gasteiger charge is 2.38. The molecule has 0 N–H and O–H groups in total. The zero-order chi connectivity index (χ0) is 11.1. The van der Waals surface area contributed by atoms with E-state index in [4.69, 9.17) is 0 Å². The Bertz CT molecular complexity index is 129. The minimum Gasteiger partial charge on any atom is -0.306 e. The van der Waals surface area contributed by atoms with Crippen LogP contribution in [0.25, 0.3) is 0 Å². The van der Waals surface area contributed by atoms with Gasteiger partial charge in [-0.05, 0) is 37.6 Å². The molecule has 1 aliphatic carbocycles. The molecule has 0 aromatic carbocycles. The van der Waals surface area contributed by atoms with Crippen LogP contribution in [0.15, 0.2) is 0 Å². The van der Waals surface area contributed by atoms with Crippen LogP contribution in [0.3, 0.4) is 0 Å². The van der Waals surface area contributed by atoms with Crippen molar-refractivity contribution in [1.29, 1.82) is 0 Å². The highest BCUT2D eigenvalue weighted by atomic mass is 15.1. The van der Waals surface area contributed by atoms with E-state index in [-0.39, 0.29) is 0 Å². The van der Waals surface area contributed by atoms with E-state index in [1.807, 2.05) is 27.7 Å². The molecule has 2 aliphatic rings. The Labute approximate surface area is 90.9 Å². The summed E-state index contributed by atoms with van der Waals surface area (Å²) in [4.78, 5) is 2.48. The lowest BCUT2D eigenvalue weighted by atomic mass is 9.93. The first-order chi connectivity index (χ1) is 6.77. The number of hydrogen-bond acceptors (Lipinski definition) is 1. The third-order valence-electron chi connectivity index (χ3n) is 3.08. The quantitative estimate of drug-likeness (QED) is 0.623. The van der Waals surface area contributed by atoms with Gasteiger partial charge < -0.3 is 4.90 Å². The molecular weight excluding hydrogens is 170 g/mol. The third-order valence-corrected chi connectivity index (χ3v) is 3.08. The van der Waals surface area contributed by atoms with Gasteiger partial charge in [0.25, 0.3) is 0 Å². The SMILES string of the molecule is CC.CC.CC1CN(C)CC1C1CC1. The predicted molar refractivity (Wildman–Crippen MR) is 65.6 cm³/mol. The molecule has 1 saturated heterocycles. The second kappa shape index (κ2) is 7.28. The molecule has 0 radical (unpaired) electrons. The van der Waals surface area contributed by atoms with E-state index < -0.39 is 0 Å². The van der Waals surface area contributed by atoms with Crippen molar-refractivity contribution in [2.45, 2.75) is 47.5 Å². The molecule has 2 unspecified atom stereocenters. The van der Waals surface area contributed by atoms with Gasteiger partial charge in [-0.3, -0.25) is 0 Å². The summed E-state index contributed by atoms with van der Waals surface area (Å²) in [5.41, 5.74) is 0. The number of hydrogen-bond donors (Lipinski definition) is 0. The molecule has 1 heterocycles. The van der Waals surface area contributed by atoms with Crippen LogP contribution in [0.1, 0.15) is 47.5 Å². The summed E-state index contributed by atoms with van der Waals surface area (Å²) in [6, 6.07) is 0. The highest BCUT2D eigenvalue weighted by Crippen LogP contribution is 2.43. The Hall–Kier alpha value is -0.0400. The molecule has 0 aromatic rings. The van der Waals surface area contributed by atoms with Gasteiger partial charge in [-0.1, -0.05) is 34.6 Å². The lowest BCUT2D eigenvalue weighted by molar-refractivity contribution is 0.377. The molecule has 0 amide bonds. The maximum Gasteiger partial charge on any atom is 0.00124 e. The summed E-state index contributed by atoms with van der Waals surface area (Å²) in [5, 5.41) is 0. The van der Waals surface area contributed by atoms with Gasteiger partial charge in [-0.15, -0.1) is 0 Å². The van der Waals surface area contributed by atoms with Crippen molar-refractivity contribution < 1.29 is 0 Å². The van der Waals surface area contributed by atoms with Gasteiger partial charge in [-0.2, -0.15) is 0 Å². The fourth-order valence-corrected chi connectivity index (χ4v) is 2.38. The lowest BCUT2D eigenvalue weighted by Crippen LogP contribution is -2.14. The standard InChI is InChI=1S/C9H17N.2C2H6/c1-7-5-10(2)6-9(7)8-3-4-8;2*1-2/h7-9H,3-6H2,1-2H3;2*1-2H3. The lowest BCUT2D eigenvalue weighted by Gasteiger charge is -2.11. The van der Waals surface area contributed by atoms with Crippen molar-refractivity contribution in [3.63, 3.8) is 0 Å². The summed E-state index contributed by atoms with van der Waals surface area (Å²) in [6.45, 7) is 13.1. The van der Waals surface area contributed by atoms with E-state index in [1.165, 1.54) is 25.9 Å². The Morgan fingerprint density at radius 2 is 1.43 bits per heavy atom. The maximum absolute atomic E-state index is 2.48. The molecule has 2 fully saturated rings. The average Bonchev–Trinajstić information content (AvgIpc) is 2.99. The van der Waals surface area contributed by atoms with E-state index in [1.54, 1.807) is 0 Å². The molecule has 1 heteroatoms. The fourth-order valence-electron chi connectivity index (χ4n) is 2.38. The summed E-state index contributed by atoms with van der Waals surface area (Å²) in [6.07, 6.45) is 3.03. The molecule has 86 valence electrons. The monoisotopic (exact) mass is 199 g/mol. The largest absolute Gasteiger partial charge is 0.306 e. The van der Waals surface area contributed by atoms with E-state index in [0.717, 1.165) is 17.8 Å². The van der Waals surface area contributed by atoms with Crippen LogP contribution < -0.4 is 0 Å². The molecule has 2 rings (SSSR count). The van der Waals surface area contributed by atoms with Crippen molar-refractivity contribution in [2.75, 3.05) is 20.1 Å². The van der Waals surface area contributed by atoms with Crippen LogP contribution >= 0.6 is 0 Å². The van der Waals surface area contributed by atoms with Crippen LogP contribution in [-0.2, 0) is 0 Å². The highest BCUT2D eigenvalue weighted by molar-refractivity contribution is 4.90. The summed E-state index contributed by atoms with van der Waals surface area (Å²) in [5.74, 6) is 3.13. The van der Waals surface area contributed by atoms with Crippen LogP contribution in [0, 0.1) is 17.8 Å². The molecular formula is C13H29N. The van der Waals surface area contributed by atoms with Crippen LogP contribution in [0.5, 0.6) is 0 Å². The zero-order valence-corrected chi connectivity index (χ0v) is 11.0. The van der Waals surface area contributed by atoms with E-state index >= 15 is 0 Å². The van der Waals surface area contributed by atoms with Crippen molar-refractivity contribution >= 4 is 0 Å². The first-order valence-electron chi connectivity index (χ1n) is 6.46. The Kier molecular flexibility index (Phi) is 7.26. The Balaban J connectivity index is 0.000000379. The van der Waals surface area contributed by atoms with E-state index in [0.29, 0.717) is 0 Å². The van der Waals surface area contributed by atoms with E-state index in [2.05, 4.69) is 18.9 Å². The Morgan fingerprint density at radius 1 is 0.929 bits per heavy atom. The molecule has 14 heavy (non-hydrogen) atoms. The van der Waals surface area contributed by atoms with Gasteiger partial charge >= 0.3 is 0 Å². The van der Waals surface area contributed by atoms with Crippen molar-refractivity contribution in [2.24, 2.45) is 17.8 Å². The second-order valence-electron chi connectivity index (χ2n) is 4.20. The normalized spacial score (nSPS) is 31.3. The molecule has 0 spiro atoms. The van der Waals surface area contributed by atoms with E-state index in [9.17, 15) is 0 Å². The van der Waals surface area contributed by atoms with Crippen LogP contribution in [-0.4, -0.2) is 25.0 Å². The van der Waals surface area contributed by atoms with Gasteiger partial charge in [0.1, 0.15) is 0 Å². The topological polar surface area (TPSA) is 3.24 Å². The minimum absolute atomic E-state index is 0.970. The Morgan fingerprint density at radius 3 is 1.71 bits per heavy atom. The first-order valence-corrected chi connectivity index (χ1v) is 6.46. The maximum atomic E-state index is 2.48. The predicted octanol–water partition coefficient (Wildman–Crippen LogP) is 3.65. The van der Waals surface area contributed by atoms with Crippen molar-refractivity contribution in [3.05, 3.63) is 0 Å². The number of rotatable bonds is 1. The summed E-state index contributed by atoms with van der Waals surface area (Å²) < 4.78 is 0. The smallest absolute Gasteiger partial charge is 0.00124 e. The second-order valence-corrected chi connectivity index (χ2v) is 4.20. The molecule has 2 atom stereocenters. The first kappa shape index (κ1) is 14.0. The third kappa shape index (κ3) is 4.00. The molecule has 0 bridgehead atoms. The number of likely N-dealkylation sites (tertiary alicyclic amines) is 1. The summed E-state index contributed by atoms with van der Waals surface area (Å²) >= 11 is 0. The number of nitrogens with zero attached hydrogens (tertiary/aromatic N) is 1. The van der Waals surface area contributed by atoms with Gasteiger partial charge in [0.05, 0.1) is 0 Å². The average molecular weight is 199 g/mol. The minimum atomic E-state index is 0.970. The van der Waals surface area contributed by atoms with Gasteiger partial charge in [0, 0.05) is 13.1 Å². The zero-order valence-electron chi connectivity index (χ0n) is 11.0. The molecule has 1 aliphatic heterocycles.